The molecule has 0 aliphatic heterocycles. The molecule has 2 unspecified atom stereocenters. The number of rotatable bonds is 8. The molecule has 0 saturated heterocycles. The van der Waals surface area contributed by atoms with E-state index in [2.05, 4.69) is 0 Å². The molecule has 4 nitrogen and oxygen atoms in total. The van der Waals surface area contributed by atoms with Gasteiger partial charge in [-0.15, -0.1) is 0 Å². The van der Waals surface area contributed by atoms with Gasteiger partial charge in [0, 0.05) is 18.9 Å². The molecule has 0 spiro atoms. The van der Waals surface area contributed by atoms with Crippen molar-refractivity contribution < 1.29 is 19.7 Å². The van der Waals surface area contributed by atoms with E-state index in [4.69, 9.17) is 9.47 Å². The van der Waals surface area contributed by atoms with E-state index >= 15 is 0 Å². The van der Waals surface area contributed by atoms with Crippen LogP contribution in [0.3, 0.4) is 0 Å². The Morgan fingerprint density at radius 3 is 1.94 bits per heavy atom. The van der Waals surface area contributed by atoms with E-state index in [0.717, 1.165) is 0 Å². The summed E-state index contributed by atoms with van der Waals surface area (Å²) in [5, 5.41) is 20.2. The van der Waals surface area contributed by atoms with Crippen molar-refractivity contribution in [3.05, 3.63) is 0 Å². The fourth-order valence-corrected chi connectivity index (χ4v) is 1.46. The number of aliphatic hydroxyl groups excluding tert-OH is 2. The molecule has 0 saturated carbocycles. The van der Waals surface area contributed by atoms with Gasteiger partial charge >= 0.3 is 0 Å². The van der Waals surface area contributed by atoms with Crippen LogP contribution in [-0.4, -0.2) is 49.4 Å². The van der Waals surface area contributed by atoms with Crippen LogP contribution in [0.4, 0.5) is 0 Å². The molecule has 0 aliphatic rings. The number of ether oxygens (including phenoxy) is 2. The molecule has 0 bridgehead atoms. The topological polar surface area (TPSA) is 58.9 Å². The van der Waals surface area contributed by atoms with Gasteiger partial charge in [0.15, 0.2) is 0 Å². The first-order valence-electron chi connectivity index (χ1n) is 6.54. The quantitative estimate of drug-likeness (QED) is 0.655. The molecule has 18 heavy (non-hydrogen) atoms. The van der Waals surface area contributed by atoms with Crippen molar-refractivity contribution in [2.24, 2.45) is 10.8 Å². The highest BCUT2D eigenvalue weighted by molar-refractivity contribution is 4.83. The second kappa shape index (κ2) is 7.43. The zero-order valence-corrected chi connectivity index (χ0v) is 12.7. The van der Waals surface area contributed by atoms with Gasteiger partial charge in [0.1, 0.15) is 0 Å². The maximum absolute atomic E-state index is 10.2. The summed E-state index contributed by atoms with van der Waals surface area (Å²) in [4.78, 5) is 0. The third kappa shape index (κ3) is 6.69. The van der Waals surface area contributed by atoms with Crippen LogP contribution in [0.2, 0.25) is 0 Å². The monoisotopic (exact) mass is 262 g/mol. The van der Waals surface area contributed by atoms with Crippen molar-refractivity contribution in [3.8, 4) is 0 Å². The van der Waals surface area contributed by atoms with Gasteiger partial charge < -0.3 is 19.7 Å². The zero-order chi connectivity index (χ0) is 14.4. The Balaban J connectivity index is 4.17. The Labute approximate surface area is 111 Å². The number of hydrogen-bond acceptors (Lipinski definition) is 4. The number of hydrogen-bond donors (Lipinski definition) is 2. The Morgan fingerprint density at radius 1 is 0.944 bits per heavy atom. The summed E-state index contributed by atoms with van der Waals surface area (Å²) in [5.74, 6) is 0. The van der Waals surface area contributed by atoms with Gasteiger partial charge in [0.2, 0.25) is 0 Å². The largest absolute Gasteiger partial charge is 0.392 e. The van der Waals surface area contributed by atoms with E-state index in [0.29, 0.717) is 26.2 Å². The average molecular weight is 262 g/mol. The van der Waals surface area contributed by atoms with Gasteiger partial charge in [-0.05, 0) is 5.41 Å². The van der Waals surface area contributed by atoms with Crippen LogP contribution < -0.4 is 0 Å². The van der Waals surface area contributed by atoms with E-state index in [1.165, 1.54) is 0 Å². The second-order valence-electron chi connectivity index (χ2n) is 6.67. The molecule has 0 amide bonds. The van der Waals surface area contributed by atoms with Crippen LogP contribution in [0.15, 0.2) is 0 Å². The Hall–Kier alpha value is -0.160. The Kier molecular flexibility index (Phi) is 7.37. The molecule has 0 radical (unpaired) electrons. The average Bonchev–Trinajstić information content (AvgIpc) is 2.23. The first-order valence-corrected chi connectivity index (χ1v) is 6.54. The highest BCUT2D eigenvalue weighted by atomic mass is 16.5. The van der Waals surface area contributed by atoms with Gasteiger partial charge in [-0.25, -0.2) is 0 Å². The first-order chi connectivity index (χ1) is 8.11. The molecule has 110 valence electrons. The lowest BCUT2D eigenvalue weighted by Crippen LogP contribution is -2.40. The lowest BCUT2D eigenvalue weighted by atomic mass is 9.79. The zero-order valence-electron chi connectivity index (χ0n) is 12.7. The van der Waals surface area contributed by atoms with Crippen molar-refractivity contribution in [2.45, 2.75) is 53.2 Å². The van der Waals surface area contributed by atoms with Crippen molar-refractivity contribution in [1.29, 1.82) is 0 Å². The molecule has 0 aromatic rings. The molecule has 2 N–H and O–H groups in total. The Bertz CT molecular complexity index is 220. The molecule has 2 atom stereocenters. The lowest BCUT2D eigenvalue weighted by Gasteiger charge is -2.35. The highest BCUT2D eigenvalue weighted by Gasteiger charge is 2.33. The predicted octanol–water partition coefficient (Wildman–Crippen LogP) is 1.83. The number of methoxy groups -OCH3 is 1. The van der Waals surface area contributed by atoms with Crippen molar-refractivity contribution in [2.75, 3.05) is 26.9 Å². The van der Waals surface area contributed by atoms with Gasteiger partial charge in [0.25, 0.3) is 0 Å². The van der Waals surface area contributed by atoms with Gasteiger partial charge in [-0.1, -0.05) is 34.6 Å². The SMILES string of the molecule is COCCOCC(C)(C)C(O)CC(O)C(C)(C)C. The summed E-state index contributed by atoms with van der Waals surface area (Å²) in [7, 11) is 1.63. The van der Waals surface area contributed by atoms with E-state index in [-0.39, 0.29) is 10.8 Å². The molecule has 0 fully saturated rings. The normalized spacial score (nSPS) is 16.7. The van der Waals surface area contributed by atoms with Gasteiger partial charge in [-0.2, -0.15) is 0 Å². The van der Waals surface area contributed by atoms with Crippen LogP contribution in [0, 0.1) is 10.8 Å². The summed E-state index contributed by atoms with van der Waals surface area (Å²) < 4.78 is 10.4. The maximum Gasteiger partial charge on any atom is 0.0700 e. The van der Waals surface area contributed by atoms with Crippen LogP contribution in [0.25, 0.3) is 0 Å². The molecule has 0 heterocycles. The summed E-state index contributed by atoms with van der Waals surface area (Å²) in [6, 6.07) is 0. The summed E-state index contributed by atoms with van der Waals surface area (Å²) in [5.41, 5.74) is -0.589. The minimum absolute atomic E-state index is 0.214. The fraction of sp³-hybridized carbons (Fsp3) is 1.00. The highest BCUT2D eigenvalue weighted by Crippen LogP contribution is 2.29. The minimum Gasteiger partial charge on any atom is -0.392 e. The molecular weight excluding hydrogens is 232 g/mol. The molecule has 4 heteroatoms. The van der Waals surface area contributed by atoms with Gasteiger partial charge in [-0.3, -0.25) is 0 Å². The van der Waals surface area contributed by atoms with Crippen molar-refractivity contribution >= 4 is 0 Å². The van der Waals surface area contributed by atoms with Crippen LogP contribution >= 0.6 is 0 Å². The Morgan fingerprint density at radius 2 is 1.50 bits per heavy atom. The maximum atomic E-state index is 10.2. The van der Waals surface area contributed by atoms with Crippen molar-refractivity contribution in [3.63, 3.8) is 0 Å². The van der Waals surface area contributed by atoms with E-state index in [1.807, 2.05) is 34.6 Å². The molecular formula is C14H30O4. The first kappa shape index (κ1) is 17.8. The summed E-state index contributed by atoms with van der Waals surface area (Å²) in [6.45, 7) is 11.3. The lowest BCUT2D eigenvalue weighted by molar-refractivity contribution is -0.0659. The molecule has 0 aromatic heterocycles. The van der Waals surface area contributed by atoms with Crippen LogP contribution in [0.1, 0.15) is 41.0 Å². The predicted molar refractivity (Wildman–Crippen MR) is 72.6 cm³/mol. The van der Waals surface area contributed by atoms with E-state index in [9.17, 15) is 10.2 Å². The van der Waals surface area contributed by atoms with Crippen LogP contribution in [-0.2, 0) is 9.47 Å². The van der Waals surface area contributed by atoms with E-state index < -0.39 is 12.2 Å². The molecule has 0 aliphatic carbocycles. The summed E-state index contributed by atoms with van der Waals surface area (Å²) >= 11 is 0. The fourth-order valence-electron chi connectivity index (χ4n) is 1.46. The molecule has 0 rings (SSSR count). The minimum atomic E-state index is -0.589. The summed E-state index contributed by atoms with van der Waals surface area (Å²) in [6.07, 6.45) is -0.746. The van der Waals surface area contributed by atoms with Crippen LogP contribution in [0.5, 0.6) is 0 Å². The van der Waals surface area contributed by atoms with Gasteiger partial charge in [0.05, 0.1) is 32.0 Å². The third-order valence-corrected chi connectivity index (χ3v) is 3.25. The third-order valence-electron chi connectivity index (χ3n) is 3.25. The smallest absolute Gasteiger partial charge is 0.0700 e. The second-order valence-corrected chi connectivity index (χ2v) is 6.67. The standard InChI is InChI=1S/C14H30O4/c1-13(2,3)11(15)9-12(16)14(4,5)10-18-8-7-17-6/h11-12,15-16H,7-10H2,1-6H3. The molecule has 0 aromatic carbocycles. The number of aliphatic hydroxyl groups is 2. The van der Waals surface area contributed by atoms with E-state index in [1.54, 1.807) is 7.11 Å². The van der Waals surface area contributed by atoms with Crippen molar-refractivity contribution in [1.82, 2.24) is 0 Å².